The summed E-state index contributed by atoms with van der Waals surface area (Å²) < 4.78 is 2.54. The summed E-state index contributed by atoms with van der Waals surface area (Å²) in [7, 11) is 0. The number of nitrogens with zero attached hydrogens (tertiary/aromatic N) is 1. The highest BCUT2D eigenvalue weighted by atomic mass is 16.4. The molecule has 1 aromatic heterocycles. The lowest BCUT2D eigenvalue weighted by atomic mass is 9.49. The van der Waals surface area contributed by atoms with Crippen molar-refractivity contribution in [3.8, 4) is 5.69 Å². The van der Waals surface area contributed by atoms with E-state index in [1.54, 1.807) is 0 Å². The number of carbonyl (C=O) groups is 1. The van der Waals surface area contributed by atoms with E-state index in [0.29, 0.717) is 23.2 Å². The first-order chi connectivity index (χ1) is 18.6. The minimum absolute atomic E-state index is 0.220. The molecular weight excluding hydrogens is 478 g/mol. The molecule has 4 aromatic rings. The first-order valence-electron chi connectivity index (χ1n) is 15.0. The van der Waals surface area contributed by atoms with Crippen LogP contribution in [-0.4, -0.2) is 15.6 Å². The molecule has 3 unspecified atom stereocenters. The second-order valence-electron chi connectivity index (χ2n) is 13.7. The molecule has 2 aliphatic carbocycles. The number of carboxylic acid groups (broad SMARTS) is 1. The monoisotopic (exact) mass is 521 g/mol. The minimum atomic E-state index is -0.721. The third-order valence-electron chi connectivity index (χ3n) is 10.5. The zero-order valence-electron chi connectivity index (χ0n) is 24.0. The Bertz CT molecular complexity index is 1510. The summed E-state index contributed by atoms with van der Waals surface area (Å²) >= 11 is 0. The van der Waals surface area contributed by atoms with Gasteiger partial charge >= 0.3 is 5.97 Å². The first kappa shape index (κ1) is 26.2. The highest BCUT2D eigenvalue weighted by Gasteiger charge is 2.50. The second kappa shape index (κ2) is 9.84. The molecule has 0 spiro atoms. The van der Waals surface area contributed by atoms with Gasteiger partial charge in [0.15, 0.2) is 0 Å². The van der Waals surface area contributed by atoms with E-state index >= 15 is 0 Å². The average Bonchev–Trinajstić information content (AvgIpc) is 3.32. The summed E-state index contributed by atoms with van der Waals surface area (Å²) in [5.74, 6) is 1.38. The molecule has 2 aliphatic rings. The fourth-order valence-corrected chi connectivity index (χ4v) is 8.08. The lowest BCUT2D eigenvalue weighted by Crippen LogP contribution is -2.47. The topological polar surface area (TPSA) is 42.2 Å². The fourth-order valence-electron chi connectivity index (χ4n) is 8.08. The highest BCUT2D eigenvalue weighted by Crippen LogP contribution is 2.60. The van der Waals surface area contributed by atoms with E-state index in [4.69, 9.17) is 5.11 Å². The van der Waals surface area contributed by atoms with Crippen LogP contribution in [0.3, 0.4) is 0 Å². The molecule has 0 aliphatic heterocycles. The molecule has 1 N–H and O–H groups in total. The van der Waals surface area contributed by atoms with Crippen molar-refractivity contribution in [2.24, 2.45) is 22.7 Å². The largest absolute Gasteiger partial charge is 0.481 e. The number of aromatic nitrogens is 1. The number of hydrogen-bond donors (Lipinski definition) is 1. The second-order valence-corrected chi connectivity index (χ2v) is 13.7. The minimum Gasteiger partial charge on any atom is -0.481 e. The van der Waals surface area contributed by atoms with Crippen molar-refractivity contribution in [3.63, 3.8) is 0 Å². The lowest BCUT2D eigenvalue weighted by molar-refractivity contribution is -0.137. The number of carboxylic acids is 1. The zero-order chi connectivity index (χ0) is 27.4. The van der Waals surface area contributed by atoms with Gasteiger partial charge in [0.05, 0.1) is 5.52 Å². The summed E-state index contributed by atoms with van der Waals surface area (Å²) in [5.41, 5.74) is 5.98. The summed E-state index contributed by atoms with van der Waals surface area (Å²) in [6.07, 6.45) is 8.20. The van der Waals surface area contributed by atoms with Gasteiger partial charge in [-0.3, -0.25) is 4.79 Å². The number of benzene rings is 3. The number of aliphatic carboxylic acids is 1. The SMILES string of the molecule is CC1(C)CCC(C)(C)C2CC(c3cc4c5ccccc5ccc4n3-c3ccc(CCCC(=O)O)cc3)CCC21. The standard InChI is InChI=1S/C36H43NO2/c1-35(2)20-21-36(3,4)31-22-26(14-18-30(31)35)33-23-29-28-10-6-5-9-25(28)15-19-32(29)37(33)27-16-12-24(13-17-27)8-7-11-34(38)39/h5-6,9-10,12-13,15-17,19,23,26,30-31H,7-8,11,14,18,20-22H2,1-4H3,(H,38,39). The van der Waals surface area contributed by atoms with Gasteiger partial charge in [-0.2, -0.15) is 0 Å². The maximum Gasteiger partial charge on any atom is 0.303 e. The van der Waals surface area contributed by atoms with E-state index in [2.05, 4.69) is 99.0 Å². The molecule has 0 radical (unpaired) electrons. The van der Waals surface area contributed by atoms with E-state index in [9.17, 15) is 4.79 Å². The predicted octanol–water partition coefficient (Wildman–Crippen LogP) is 9.54. The third-order valence-corrected chi connectivity index (χ3v) is 10.5. The van der Waals surface area contributed by atoms with Crippen LogP contribution >= 0.6 is 0 Å². The first-order valence-corrected chi connectivity index (χ1v) is 15.0. The predicted molar refractivity (Wildman–Crippen MR) is 162 cm³/mol. The molecule has 0 amide bonds. The molecule has 0 saturated heterocycles. The van der Waals surface area contributed by atoms with Crippen molar-refractivity contribution in [1.29, 1.82) is 0 Å². The molecule has 2 saturated carbocycles. The molecule has 3 nitrogen and oxygen atoms in total. The van der Waals surface area contributed by atoms with E-state index in [1.165, 1.54) is 70.7 Å². The van der Waals surface area contributed by atoms with E-state index < -0.39 is 5.97 Å². The van der Waals surface area contributed by atoms with Gasteiger partial charge in [-0.15, -0.1) is 0 Å². The Morgan fingerprint density at radius 1 is 0.872 bits per heavy atom. The lowest BCUT2D eigenvalue weighted by Gasteiger charge is -2.56. The summed E-state index contributed by atoms with van der Waals surface area (Å²) in [4.78, 5) is 11.0. The number of rotatable bonds is 6. The van der Waals surface area contributed by atoms with Gasteiger partial charge in [0, 0.05) is 23.2 Å². The fraction of sp³-hybridized carbons (Fsp3) is 0.472. The molecule has 2 fully saturated rings. The van der Waals surface area contributed by atoms with Gasteiger partial charge in [0.25, 0.3) is 0 Å². The Morgan fingerprint density at radius 2 is 1.59 bits per heavy atom. The maximum absolute atomic E-state index is 11.0. The van der Waals surface area contributed by atoms with Crippen molar-refractivity contribution in [1.82, 2.24) is 4.57 Å². The molecule has 3 atom stereocenters. The van der Waals surface area contributed by atoms with Gasteiger partial charge in [0.1, 0.15) is 0 Å². The molecule has 1 heterocycles. The summed E-state index contributed by atoms with van der Waals surface area (Å²) in [5, 5.41) is 13.0. The number of fused-ring (bicyclic) bond motifs is 4. The highest BCUT2D eigenvalue weighted by molar-refractivity contribution is 6.07. The molecular formula is C36H43NO2. The van der Waals surface area contributed by atoms with Gasteiger partial charge in [-0.25, -0.2) is 0 Å². The van der Waals surface area contributed by atoms with Gasteiger partial charge in [-0.05, 0) is 114 Å². The Labute approximate surface area is 233 Å². The smallest absolute Gasteiger partial charge is 0.303 e. The Morgan fingerprint density at radius 3 is 2.33 bits per heavy atom. The number of aryl methyl sites for hydroxylation is 1. The quantitative estimate of drug-likeness (QED) is 0.274. The summed E-state index contributed by atoms with van der Waals surface area (Å²) in [6.45, 7) is 10.1. The maximum atomic E-state index is 11.0. The van der Waals surface area contributed by atoms with Crippen molar-refractivity contribution in [3.05, 3.63) is 78.0 Å². The molecule has 0 bridgehead atoms. The molecule has 39 heavy (non-hydrogen) atoms. The zero-order valence-corrected chi connectivity index (χ0v) is 24.0. The van der Waals surface area contributed by atoms with Crippen LogP contribution in [0.5, 0.6) is 0 Å². The molecule has 6 rings (SSSR count). The normalized spacial score (nSPS) is 24.1. The molecule has 3 aromatic carbocycles. The van der Waals surface area contributed by atoms with Crippen LogP contribution in [0.15, 0.2) is 66.7 Å². The van der Waals surface area contributed by atoms with Gasteiger partial charge in [0.2, 0.25) is 0 Å². The van der Waals surface area contributed by atoms with E-state index in [-0.39, 0.29) is 6.42 Å². The Hall–Kier alpha value is -3.07. The molecule has 3 heteroatoms. The van der Waals surface area contributed by atoms with Crippen LogP contribution in [-0.2, 0) is 11.2 Å². The van der Waals surface area contributed by atoms with Crippen molar-refractivity contribution < 1.29 is 9.90 Å². The third kappa shape index (κ3) is 4.79. The van der Waals surface area contributed by atoms with Crippen LogP contribution in [0.1, 0.15) is 89.8 Å². The van der Waals surface area contributed by atoms with Crippen LogP contribution in [0, 0.1) is 22.7 Å². The van der Waals surface area contributed by atoms with Crippen molar-refractivity contribution in [2.45, 2.75) is 85.0 Å². The molecule has 204 valence electrons. The summed E-state index contributed by atoms with van der Waals surface area (Å²) in [6, 6.07) is 24.7. The Kier molecular flexibility index (Phi) is 6.60. The Balaban J connectivity index is 1.42. The van der Waals surface area contributed by atoms with Crippen molar-refractivity contribution in [2.75, 3.05) is 0 Å². The van der Waals surface area contributed by atoms with Gasteiger partial charge < -0.3 is 9.67 Å². The van der Waals surface area contributed by atoms with Crippen LogP contribution in [0.4, 0.5) is 0 Å². The average molecular weight is 522 g/mol. The number of hydrogen-bond acceptors (Lipinski definition) is 1. The van der Waals surface area contributed by atoms with Crippen LogP contribution in [0.25, 0.3) is 27.4 Å². The van der Waals surface area contributed by atoms with Crippen LogP contribution in [0.2, 0.25) is 0 Å². The van der Waals surface area contributed by atoms with Crippen LogP contribution < -0.4 is 0 Å². The van der Waals surface area contributed by atoms with E-state index in [0.717, 1.165) is 18.3 Å². The van der Waals surface area contributed by atoms with Crippen molar-refractivity contribution >= 4 is 27.6 Å². The van der Waals surface area contributed by atoms with Gasteiger partial charge in [-0.1, -0.05) is 70.2 Å². The van der Waals surface area contributed by atoms with E-state index in [1.807, 2.05) is 0 Å².